The largest absolute Gasteiger partial charge is 0.472 e. The third-order valence-electron chi connectivity index (χ3n) is 3.55. The zero-order valence-electron chi connectivity index (χ0n) is 12.5. The van der Waals surface area contributed by atoms with Gasteiger partial charge >= 0.3 is 6.03 Å². The Morgan fingerprint density at radius 3 is 2.75 bits per heavy atom. The zero-order valence-corrected chi connectivity index (χ0v) is 14.1. The lowest BCUT2D eigenvalue weighted by Crippen LogP contribution is -2.42. The molecule has 2 heterocycles. The summed E-state index contributed by atoms with van der Waals surface area (Å²) in [5, 5.41) is 18.7. The van der Waals surface area contributed by atoms with E-state index in [1.165, 1.54) is 23.9 Å². The average molecular weight is 363 g/mol. The number of thiophene rings is 1. The summed E-state index contributed by atoms with van der Waals surface area (Å²) < 4.78 is 5.08. The molecular weight excluding hydrogens is 348 g/mol. The molecule has 124 valence electrons. The number of para-hydroxylation sites is 1. The summed E-state index contributed by atoms with van der Waals surface area (Å²) in [6, 6.07) is 11.8. The van der Waals surface area contributed by atoms with Gasteiger partial charge in [0.2, 0.25) is 0 Å². The van der Waals surface area contributed by atoms with Crippen molar-refractivity contribution in [3.8, 4) is 0 Å². The van der Waals surface area contributed by atoms with Crippen molar-refractivity contribution in [3.63, 3.8) is 0 Å². The molecule has 3 N–H and O–H groups in total. The summed E-state index contributed by atoms with van der Waals surface area (Å²) >= 11 is 7.42. The molecule has 1 atom stereocenters. The topological polar surface area (TPSA) is 74.5 Å². The van der Waals surface area contributed by atoms with Crippen molar-refractivity contribution in [2.45, 2.75) is 5.60 Å². The maximum atomic E-state index is 12.1. The zero-order chi connectivity index (χ0) is 17.0. The second kappa shape index (κ2) is 7.09. The molecule has 7 heteroatoms. The van der Waals surface area contributed by atoms with Gasteiger partial charge in [-0.05, 0) is 29.6 Å². The van der Waals surface area contributed by atoms with Crippen molar-refractivity contribution >= 4 is 34.7 Å². The quantitative estimate of drug-likeness (QED) is 0.641. The van der Waals surface area contributed by atoms with Crippen LogP contribution >= 0.6 is 22.9 Å². The summed E-state index contributed by atoms with van der Waals surface area (Å²) in [4.78, 5) is 12.8. The van der Waals surface area contributed by atoms with E-state index in [-0.39, 0.29) is 6.54 Å². The predicted molar refractivity (Wildman–Crippen MR) is 94.5 cm³/mol. The first kappa shape index (κ1) is 16.6. The number of urea groups is 1. The minimum absolute atomic E-state index is 0.0106. The molecule has 0 aliphatic heterocycles. The van der Waals surface area contributed by atoms with E-state index in [1.807, 2.05) is 17.5 Å². The van der Waals surface area contributed by atoms with Crippen molar-refractivity contribution in [1.29, 1.82) is 0 Å². The third kappa shape index (κ3) is 3.46. The van der Waals surface area contributed by atoms with Crippen LogP contribution in [0.15, 0.2) is 64.8 Å². The van der Waals surface area contributed by atoms with Crippen LogP contribution in [0.2, 0.25) is 5.02 Å². The minimum Gasteiger partial charge on any atom is -0.472 e. The van der Waals surface area contributed by atoms with Gasteiger partial charge in [0.1, 0.15) is 5.60 Å². The number of hydrogen-bond acceptors (Lipinski definition) is 4. The SMILES string of the molecule is O=C(NCC(O)(c1ccoc1)c1cccs1)Nc1ccccc1Cl. The molecule has 24 heavy (non-hydrogen) atoms. The second-order valence-electron chi connectivity index (χ2n) is 5.14. The van der Waals surface area contributed by atoms with E-state index in [4.69, 9.17) is 16.0 Å². The molecular formula is C17H15ClN2O3S. The summed E-state index contributed by atoms with van der Waals surface area (Å²) in [5.74, 6) is 0. The molecule has 2 aromatic heterocycles. The standard InChI is InChI=1S/C17H15ClN2O3S/c18-13-4-1-2-5-14(13)20-16(21)19-11-17(22,12-7-8-23-10-12)15-6-3-9-24-15/h1-10,22H,11H2,(H2,19,20,21). The van der Waals surface area contributed by atoms with Crippen LogP contribution in [-0.2, 0) is 5.60 Å². The lowest BCUT2D eigenvalue weighted by molar-refractivity contribution is 0.0859. The van der Waals surface area contributed by atoms with Gasteiger partial charge in [-0.2, -0.15) is 0 Å². The molecule has 0 saturated heterocycles. The van der Waals surface area contributed by atoms with E-state index in [1.54, 1.807) is 30.3 Å². The van der Waals surface area contributed by atoms with E-state index >= 15 is 0 Å². The van der Waals surface area contributed by atoms with E-state index < -0.39 is 11.6 Å². The number of halogens is 1. The molecule has 2 amide bonds. The highest BCUT2D eigenvalue weighted by atomic mass is 35.5. The molecule has 5 nitrogen and oxygen atoms in total. The Bertz CT molecular complexity index is 769. The van der Waals surface area contributed by atoms with Crippen molar-refractivity contribution in [1.82, 2.24) is 5.32 Å². The Hall–Kier alpha value is -2.28. The monoisotopic (exact) mass is 362 g/mol. The summed E-state index contributed by atoms with van der Waals surface area (Å²) in [6.07, 6.45) is 2.95. The van der Waals surface area contributed by atoms with E-state index in [0.717, 1.165) is 0 Å². The maximum absolute atomic E-state index is 12.1. The van der Waals surface area contributed by atoms with Crippen LogP contribution in [0.3, 0.4) is 0 Å². The fourth-order valence-corrected chi connectivity index (χ4v) is 3.31. The van der Waals surface area contributed by atoms with E-state index in [0.29, 0.717) is 21.2 Å². The molecule has 0 aliphatic carbocycles. The number of rotatable bonds is 5. The number of aliphatic hydroxyl groups is 1. The van der Waals surface area contributed by atoms with Gasteiger partial charge in [0.05, 0.1) is 29.8 Å². The van der Waals surface area contributed by atoms with Crippen molar-refractivity contribution < 1.29 is 14.3 Å². The number of hydrogen-bond donors (Lipinski definition) is 3. The van der Waals surface area contributed by atoms with Crippen LogP contribution in [0.1, 0.15) is 10.4 Å². The Morgan fingerprint density at radius 1 is 1.25 bits per heavy atom. The normalized spacial score (nSPS) is 13.2. The van der Waals surface area contributed by atoms with Gasteiger partial charge in [-0.15, -0.1) is 11.3 Å². The Balaban J connectivity index is 1.73. The Kier molecular flexibility index (Phi) is 4.89. The second-order valence-corrected chi connectivity index (χ2v) is 6.49. The molecule has 0 aliphatic rings. The Labute approximate surface area is 147 Å². The van der Waals surface area contributed by atoms with Gasteiger partial charge in [0.15, 0.2) is 0 Å². The van der Waals surface area contributed by atoms with Crippen LogP contribution < -0.4 is 10.6 Å². The number of amides is 2. The van der Waals surface area contributed by atoms with Gasteiger partial charge in [0, 0.05) is 10.4 Å². The highest BCUT2D eigenvalue weighted by Gasteiger charge is 2.34. The highest BCUT2D eigenvalue weighted by Crippen LogP contribution is 2.32. The number of carbonyl (C=O) groups is 1. The minimum atomic E-state index is -1.36. The number of nitrogens with one attached hydrogen (secondary N) is 2. The first-order chi connectivity index (χ1) is 11.6. The fraction of sp³-hybridized carbons (Fsp3) is 0.118. The molecule has 0 spiro atoms. The maximum Gasteiger partial charge on any atom is 0.319 e. The van der Waals surface area contributed by atoms with E-state index in [2.05, 4.69) is 10.6 Å². The van der Waals surface area contributed by atoms with Crippen molar-refractivity contribution in [2.75, 3.05) is 11.9 Å². The molecule has 3 aromatic rings. The number of benzene rings is 1. The van der Waals surface area contributed by atoms with Gasteiger partial charge in [-0.25, -0.2) is 4.79 Å². The van der Waals surface area contributed by atoms with Gasteiger partial charge < -0.3 is 20.2 Å². The lowest BCUT2D eigenvalue weighted by atomic mass is 9.94. The predicted octanol–water partition coefficient (Wildman–Crippen LogP) is 4.05. The summed E-state index contributed by atoms with van der Waals surface area (Å²) in [6.45, 7) is -0.0106. The molecule has 1 aromatic carbocycles. The summed E-state index contributed by atoms with van der Waals surface area (Å²) in [5.41, 5.74) is -0.290. The molecule has 1 unspecified atom stereocenters. The molecule has 0 bridgehead atoms. The lowest BCUT2D eigenvalue weighted by Gasteiger charge is -2.26. The summed E-state index contributed by atoms with van der Waals surface area (Å²) in [7, 11) is 0. The van der Waals surface area contributed by atoms with Gasteiger partial charge in [-0.3, -0.25) is 0 Å². The molecule has 0 radical (unpaired) electrons. The van der Waals surface area contributed by atoms with Crippen LogP contribution in [0.4, 0.5) is 10.5 Å². The number of carbonyl (C=O) groups excluding carboxylic acids is 1. The van der Waals surface area contributed by atoms with E-state index in [9.17, 15) is 9.90 Å². The average Bonchev–Trinajstić information content (AvgIpc) is 3.28. The van der Waals surface area contributed by atoms with Crippen LogP contribution in [0.5, 0.6) is 0 Å². The number of furan rings is 1. The Morgan fingerprint density at radius 2 is 2.08 bits per heavy atom. The van der Waals surface area contributed by atoms with Gasteiger partial charge in [0.25, 0.3) is 0 Å². The van der Waals surface area contributed by atoms with Crippen molar-refractivity contribution in [3.05, 3.63) is 75.8 Å². The van der Waals surface area contributed by atoms with Crippen LogP contribution in [0, 0.1) is 0 Å². The first-order valence-electron chi connectivity index (χ1n) is 7.18. The smallest absolute Gasteiger partial charge is 0.319 e. The van der Waals surface area contributed by atoms with Crippen molar-refractivity contribution in [2.24, 2.45) is 0 Å². The third-order valence-corrected chi connectivity index (χ3v) is 4.90. The molecule has 3 rings (SSSR count). The first-order valence-corrected chi connectivity index (χ1v) is 8.44. The molecule has 0 saturated carbocycles. The van der Waals surface area contributed by atoms with Gasteiger partial charge in [-0.1, -0.05) is 29.8 Å². The van der Waals surface area contributed by atoms with Crippen LogP contribution in [-0.4, -0.2) is 17.7 Å². The fourth-order valence-electron chi connectivity index (χ4n) is 2.28. The number of anilines is 1. The van der Waals surface area contributed by atoms with Crippen LogP contribution in [0.25, 0.3) is 0 Å². The highest BCUT2D eigenvalue weighted by molar-refractivity contribution is 7.10. The molecule has 0 fully saturated rings.